The summed E-state index contributed by atoms with van der Waals surface area (Å²) < 4.78 is 1.08. The smallest absolute Gasteiger partial charge is 0.220 e. The summed E-state index contributed by atoms with van der Waals surface area (Å²) in [6.07, 6.45) is 3.72. The molecule has 1 saturated carbocycles. The van der Waals surface area contributed by atoms with Crippen molar-refractivity contribution in [3.63, 3.8) is 0 Å². The van der Waals surface area contributed by atoms with Gasteiger partial charge >= 0.3 is 0 Å². The van der Waals surface area contributed by atoms with E-state index >= 15 is 0 Å². The Kier molecular flexibility index (Phi) is 3.64. The molecule has 1 aromatic carbocycles. The molecule has 0 unspecified atom stereocenters. The van der Waals surface area contributed by atoms with E-state index in [9.17, 15) is 4.79 Å². The first-order valence-corrected chi connectivity index (χ1v) is 6.49. The predicted octanol–water partition coefficient (Wildman–Crippen LogP) is 2.97. The molecule has 1 aliphatic rings. The van der Waals surface area contributed by atoms with Gasteiger partial charge < -0.3 is 5.32 Å². The van der Waals surface area contributed by atoms with Crippen LogP contribution in [-0.4, -0.2) is 11.9 Å². The minimum atomic E-state index is 0.182. The summed E-state index contributed by atoms with van der Waals surface area (Å²) in [6, 6.07) is 6.68. The number of amides is 1. The molecule has 0 atom stereocenters. The summed E-state index contributed by atoms with van der Waals surface area (Å²) in [5.41, 5.74) is 2.50. The number of benzene rings is 1. The third-order valence-electron chi connectivity index (χ3n) is 2.88. The second kappa shape index (κ2) is 5.00. The quantitative estimate of drug-likeness (QED) is 0.903. The molecular formula is C13H16BrNO. The van der Waals surface area contributed by atoms with Gasteiger partial charge in [0.15, 0.2) is 0 Å². The number of hydrogen-bond donors (Lipinski definition) is 1. The van der Waals surface area contributed by atoms with Crippen molar-refractivity contribution in [3.05, 3.63) is 33.8 Å². The van der Waals surface area contributed by atoms with E-state index in [4.69, 9.17) is 0 Å². The van der Waals surface area contributed by atoms with Crippen molar-refractivity contribution >= 4 is 21.8 Å². The number of aryl methyl sites for hydroxylation is 2. The van der Waals surface area contributed by atoms with E-state index in [1.165, 1.54) is 11.1 Å². The first kappa shape index (κ1) is 11.6. The molecule has 0 heterocycles. The Hall–Kier alpha value is -0.830. The van der Waals surface area contributed by atoms with Gasteiger partial charge in [-0.15, -0.1) is 0 Å². The molecule has 0 aromatic heterocycles. The lowest BCUT2D eigenvalue weighted by molar-refractivity contribution is -0.121. The maximum Gasteiger partial charge on any atom is 0.220 e. The van der Waals surface area contributed by atoms with Gasteiger partial charge in [0.2, 0.25) is 5.91 Å². The minimum absolute atomic E-state index is 0.182. The molecule has 86 valence electrons. The average Bonchev–Trinajstić information content (AvgIpc) is 3.03. The van der Waals surface area contributed by atoms with Crippen molar-refractivity contribution in [1.82, 2.24) is 5.32 Å². The third-order valence-corrected chi connectivity index (χ3v) is 3.37. The number of hydrogen-bond acceptors (Lipinski definition) is 1. The maximum atomic E-state index is 11.5. The standard InChI is InChI=1S/C13H16BrNO/c1-9-2-4-11(14)8-10(9)3-7-13(16)15-12-5-6-12/h2,4,8,12H,3,5-7H2,1H3,(H,15,16). The third kappa shape index (κ3) is 3.34. The van der Waals surface area contributed by atoms with E-state index in [-0.39, 0.29) is 5.91 Å². The van der Waals surface area contributed by atoms with Crippen molar-refractivity contribution in [2.24, 2.45) is 0 Å². The molecular weight excluding hydrogens is 266 g/mol. The molecule has 0 saturated heterocycles. The van der Waals surface area contributed by atoms with Crippen LogP contribution in [0.15, 0.2) is 22.7 Å². The Bertz CT molecular complexity index is 399. The lowest BCUT2D eigenvalue weighted by Gasteiger charge is -2.07. The minimum Gasteiger partial charge on any atom is -0.353 e. The Balaban J connectivity index is 1.87. The summed E-state index contributed by atoms with van der Waals surface area (Å²) in [5, 5.41) is 3.01. The van der Waals surface area contributed by atoms with Gasteiger partial charge in [-0.2, -0.15) is 0 Å². The van der Waals surface area contributed by atoms with Gasteiger partial charge in [-0.3, -0.25) is 4.79 Å². The molecule has 1 aromatic rings. The summed E-state index contributed by atoms with van der Waals surface area (Å²) >= 11 is 3.45. The summed E-state index contributed by atoms with van der Waals surface area (Å²) in [6.45, 7) is 2.08. The zero-order valence-corrected chi connectivity index (χ0v) is 11.0. The van der Waals surface area contributed by atoms with E-state index in [2.05, 4.69) is 40.3 Å². The van der Waals surface area contributed by atoms with Crippen molar-refractivity contribution in [1.29, 1.82) is 0 Å². The Morgan fingerprint density at radius 3 is 2.94 bits per heavy atom. The monoisotopic (exact) mass is 281 g/mol. The summed E-state index contributed by atoms with van der Waals surface area (Å²) in [7, 11) is 0. The highest BCUT2D eigenvalue weighted by atomic mass is 79.9. The van der Waals surface area contributed by atoms with Crippen LogP contribution < -0.4 is 5.32 Å². The molecule has 16 heavy (non-hydrogen) atoms. The average molecular weight is 282 g/mol. The van der Waals surface area contributed by atoms with Gasteiger partial charge in [0.25, 0.3) is 0 Å². The highest BCUT2D eigenvalue weighted by Crippen LogP contribution is 2.20. The Labute approximate surface area is 105 Å². The van der Waals surface area contributed by atoms with Crippen LogP contribution in [0.25, 0.3) is 0 Å². The fourth-order valence-electron chi connectivity index (χ4n) is 1.69. The summed E-state index contributed by atoms with van der Waals surface area (Å²) in [5.74, 6) is 0.182. The highest BCUT2D eigenvalue weighted by molar-refractivity contribution is 9.10. The first-order chi connectivity index (χ1) is 7.65. The van der Waals surface area contributed by atoms with E-state index in [1.807, 2.05) is 6.07 Å². The normalized spacial score (nSPS) is 14.9. The zero-order chi connectivity index (χ0) is 11.5. The van der Waals surface area contributed by atoms with Gasteiger partial charge in [0, 0.05) is 16.9 Å². The maximum absolute atomic E-state index is 11.5. The molecule has 0 radical (unpaired) electrons. The van der Waals surface area contributed by atoms with Gasteiger partial charge in [-0.1, -0.05) is 22.0 Å². The van der Waals surface area contributed by atoms with Crippen molar-refractivity contribution in [2.45, 2.75) is 38.6 Å². The summed E-state index contributed by atoms with van der Waals surface area (Å²) in [4.78, 5) is 11.5. The highest BCUT2D eigenvalue weighted by Gasteiger charge is 2.22. The van der Waals surface area contributed by atoms with Crippen molar-refractivity contribution in [2.75, 3.05) is 0 Å². The van der Waals surface area contributed by atoms with Crippen LogP contribution in [0.3, 0.4) is 0 Å². The van der Waals surface area contributed by atoms with Crippen molar-refractivity contribution < 1.29 is 4.79 Å². The molecule has 0 bridgehead atoms. The van der Waals surface area contributed by atoms with Crippen LogP contribution in [0.4, 0.5) is 0 Å². The molecule has 0 spiro atoms. The largest absolute Gasteiger partial charge is 0.353 e. The molecule has 2 nitrogen and oxygen atoms in total. The fourth-order valence-corrected chi connectivity index (χ4v) is 2.09. The van der Waals surface area contributed by atoms with Gasteiger partial charge in [0.1, 0.15) is 0 Å². The number of halogens is 1. The van der Waals surface area contributed by atoms with E-state index in [0.717, 1.165) is 23.7 Å². The van der Waals surface area contributed by atoms with Crippen LogP contribution in [-0.2, 0) is 11.2 Å². The number of rotatable bonds is 4. The van der Waals surface area contributed by atoms with Crippen LogP contribution in [0, 0.1) is 6.92 Å². The van der Waals surface area contributed by atoms with E-state index in [0.29, 0.717) is 12.5 Å². The Morgan fingerprint density at radius 2 is 2.25 bits per heavy atom. The SMILES string of the molecule is Cc1ccc(Br)cc1CCC(=O)NC1CC1. The molecule has 2 rings (SSSR count). The van der Waals surface area contributed by atoms with Crippen LogP contribution in [0.1, 0.15) is 30.4 Å². The van der Waals surface area contributed by atoms with E-state index in [1.54, 1.807) is 0 Å². The molecule has 3 heteroatoms. The molecule has 1 N–H and O–H groups in total. The van der Waals surface area contributed by atoms with Crippen LogP contribution >= 0.6 is 15.9 Å². The topological polar surface area (TPSA) is 29.1 Å². The van der Waals surface area contributed by atoms with Gasteiger partial charge in [-0.05, 0) is 49.4 Å². The Morgan fingerprint density at radius 1 is 1.50 bits per heavy atom. The second-order valence-corrected chi connectivity index (χ2v) is 5.33. The van der Waals surface area contributed by atoms with E-state index < -0.39 is 0 Å². The van der Waals surface area contributed by atoms with Crippen LogP contribution in [0.2, 0.25) is 0 Å². The van der Waals surface area contributed by atoms with Gasteiger partial charge in [0.05, 0.1) is 0 Å². The predicted molar refractivity (Wildman–Crippen MR) is 68.4 cm³/mol. The molecule has 1 amide bonds. The molecule has 0 aliphatic heterocycles. The first-order valence-electron chi connectivity index (χ1n) is 5.69. The second-order valence-electron chi connectivity index (χ2n) is 4.41. The lowest BCUT2D eigenvalue weighted by atomic mass is 10.0. The number of carbonyl (C=O) groups is 1. The zero-order valence-electron chi connectivity index (χ0n) is 9.42. The lowest BCUT2D eigenvalue weighted by Crippen LogP contribution is -2.25. The molecule has 1 aliphatic carbocycles. The number of carbonyl (C=O) groups excluding carboxylic acids is 1. The van der Waals surface area contributed by atoms with Crippen LogP contribution in [0.5, 0.6) is 0 Å². The van der Waals surface area contributed by atoms with Crippen molar-refractivity contribution in [3.8, 4) is 0 Å². The molecule has 1 fully saturated rings. The van der Waals surface area contributed by atoms with Gasteiger partial charge in [-0.25, -0.2) is 0 Å². The number of nitrogens with one attached hydrogen (secondary N) is 1. The fraction of sp³-hybridized carbons (Fsp3) is 0.462.